The van der Waals surface area contributed by atoms with Gasteiger partial charge in [0.05, 0.1) is 5.71 Å². The van der Waals surface area contributed by atoms with Crippen LogP contribution in [0.1, 0.15) is 20.8 Å². The van der Waals surface area contributed by atoms with Crippen LogP contribution in [0.2, 0.25) is 0 Å². The summed E-state index contributed by atoms with van der Waals surface area (Å²) < 4.78 is 0. The summed E-state index contributed by atoms with van der Waals surface area (Å²) in [5, 5.41) is 1.20. The van der Waals surface area contributed by atoms with Crippen molar-refractivity contribution in [2.75, 3.05) is 0 Å². The molecule has 0 aliphatic carbocycles. The van der Waals surface area contributed by atoms with Gasteiger partial charge in [-0.2, -0.15) is 0 Å². The maximum atomic E-state index is 11.1. The summed E-state index contributed by atoms with van der Waals surface area (Å²) in [6, 6.07) is -0.633. The Hall–Kier alpha value is -0.900. The van der Waals surface area contributed by atoms with E-state index in [1.807, 2.05) is 26.1 Å². The van der Waals surface area contributed by atoms with Crippen LogP contribution in [0.3, 0.4) is 0 Å². The Balaban J connectivity index is 3.07. The average molecular weight is 203 g/mol. The van der Waals surface area contributed by atoms with E-state index >= 15 is 0 Å². The molecule has 0 spiro atoms. The van der Waals surface area contributed by atoms with Gasteiger partial charge in [0.15, 0.2) is 5.38 Å². The van der Waals surface area contributed by atoms with Gasteiger partial charge in [-0.25, -0.2) is 9.79 Å². The molecule has 0 saturated heterocycles. The molecule has 1 heterocycles. The first-order valence-electron chi connectivity index (χ1n) is 3.90. The van der Waals surface area contributed by atoms with Crippen LogP contribution < -0.4 is 5.32 Å². The fourth-order valence-electron chi connectivity index (χ4n) is 1.03. The third kappa shape index (κ3) is 2.06. The smallest absolute Gasteiger partial charge is 0.275 e. The van der Waals surface area contributed by atoms with E-state index in [4.69, 9.17) is 11.6 Å². The number of hydrogen-bond acceptors (Lipinski definition) is 2. The molecule has 1 aliphatic rings. The number of aliphatic imine (C=N–C) groups is 1. The highest BCUT2D eigenvalue weighted by Gasteiger charge is 2.35. The molecule has 13 heavy (non-hydrogen) atoms. The summed E-state index contributed by atoms with van der Waals surface area (Å²) in [6.07, 6.45) is 0. The zero-order valence-corrected chi connectivity index (χ0v) is 8.47. The predicted molar refractivity (Wildman–Crippen MR) is 50.1 cm³/mol. The van der Waals surface area contributed by atoms with Crippen LogP contribution in [0.5, 0.6) is 0 Å². The number of carbonyl (C=O) groups excluding carboxylic acids is 2. The quantitative estimate of drug-likeness (QED) is 0.603. The van der Waals surface area contributed by atoms with Gasteiger partial charge in [0.1, 0.15) is 0 Å². The van der Waals surface area contributed by atoms with Gasteiger partial charge >= 0.3 is 6.03 Å². The molecule has 4 nitrogen and oxygen atoms in total. The topological polar surface area (TPSA) is 58.5 Å². The molecule has 0 aromatic heterocycles. The first-order valence-corrected chi connectivity index (χ1v) is 4.34. The standard InChI is InChI=1S/C8H11ClN2O2/c1-8(2,3)5-4(9)6(12)11-7(13)10-5/h4H,1-3H3,(H,11,12,13). The van der Waals surface area contributed by atoms with Gasteiger partial charge in [-0.15, -0.1) is 11.6 Å². The highest BCUT2D eigenvalue weighted by molar-refractivity contribution is 6.46. The van der Waals surface area contributed by atoms with Gasteiger partial charge in [0, 0.05) is 5.41 Å². The van der Waals surface area contributed by atoms with Crippen LogP contribution in [0, 0.1) is 5.41 Å². The second kappa shape index (κ2) is 3.10. The van der Waals surface area contributed by atoms with Gasteiger partial charge in [-0.1, -0.05) is 20.8 Å². The Bertz CT molecular complexity index is 291. The number of nitrogens with one attached hydrogen (secondary N) is 1. The molecule has 0 saturated carbocycles. The molecule has 1 rings (SSSR count). The molecular formula is C8H11ClN2O2. The van der Waals surface area contributed by atoms with E-state index in [0.717, 1.165) is 0 Å². The van der Waals surface area contributed by atoms with Crippen molar-refractivity contribution in [2.45, 2.75) is 26.1 Å². The molecule has 1 unspecified atom stereocenters. The largest absolute Gasteiger partial charge is 0.347 e. The molecule has 0 aromatic carbocycles. The molecule has 1 aliphatic heterocycles. The number of amides is 3. The van der Waals surface area contributed by atoms with E-state index in [0.29, 0.717) is 5.71 Å². The molecule has 5 heteroatoms. The van der Waals surface area contributed by atoms with Crippen molar-refractivity contribution in [3.8, 4) is 0 Å². The molecular weight excluding hydrogens is 192 g/mol. The number of halogens is 1. The van der Waals surface area contributed by atoms with Crippen LogP contribution in [-0.4, -0.2) is 23.0 Å². The zero-order chi connectivity index (χ0) is 10.2. The lowest BCUT2D eigenvalue weighted by atomic mass is 9.87. The van der Waals surface area contributed by atoms with Crippen molar-refractivity contribution < 1.29 is 9.59 Å². The second-order valence-electron chi connectivity index (χ2n) is 3.90. The second-order valence-corrected chi connectivity index (χ2v) is 4.34. The minimum Gasteiger partial charge on any atom is -0.275 e. The Morgan fingerprint density at radius 1 is 1.38 bits per heavy atom. The number of rotatable bonds is 0. The third-order valence-corrected chi connectivity index (χ3v) is 2.10. The van der Waals surface area contributed by atoms with E-state index in [-0.39, 0.29) is 5.41 Å². The van der Waals surface area contributed by atoms with Crippen LogP contribution in [0.4, 0.5) is 4.79 Å². The minimum atomic E-state index is -0.835. The SMILES string of the molecule is CC(C)(C)C1=NC(=O)NC(=O)C1Cl. The summed E-state index contributed by atoms with van der Waals surface area (Å²) in [5.41, 5.74) is 0.0581. The first kappa shape index (κ1) is 10.2. The van der Waals surface area contributed by atoms with Gasteiger partial charge in [-0.05, 0) is 0 Å². The molecule has 1 N–H and O–H groups in total. The van der Waals surface area contributed by atoms with Crippen molar-refractivity contribution in [2.24, 2.45) is 10.4 Å². The Labute approximate surface area is 81.4 Å². The molecule has 72 valence electrons. The van der Waals surface area contributed by atoms with Crippen LogP contribution in [0.15, 0.2) is 4.99 Å². The van der Waals surface area contributed by atoms with Crippen molar-refractivity contribution >= 4 is 29.3 Å². The monoisotopic (exact) mass is 202 g/mol. The third-order valence-electron chi connectivity index (χ3n) is 1.69. The molecule has 1 atom stereocenters. The number of alkyl halides is 1. The molecule has 0 radical (unpaired) electrons. The van der Waals surface area contributed by atoms with Gasteiger partial charge in [-0.3, -0.25) is 10.1 Å². The fraction of sp³-hybridized carbons (Fsp3) is 0.625. The Kier molecular flexibility index (Phi) is 2.43. The normalized spacial score (nSPS) is 24.0. The first-order chi connectivity index (χ1) is 5.82. The van der Waals surface area contributed by atoms with E-state index in [2.05, 4.69) is 4.99 Å². The van der Waals surface area contributed by atoms with Crippen molar-refractivity contribution in [1.29, 1.82) is 0 Å². The summed E-state index contributed by atoms with van der Waals surface area (Å²) in [7, 11) is 0. The summed E-state index contributed by atoms with van der Waals surface area (Å²) in [5.74, 6) is -0.494. The van der Waals surface area contributed by atoms with Crippen molar-refractivity contribution in [3.63, 3.8) is 0 Å². The van der Waals surface area contributed by atoms with E-state index in [9.17, 15) is 9.59 Å². The number of urea groups is 1. The van der Waals surface area contributed by atoms with E-state index < -0.39 is 17.3 Å². The highest BCUT2D eigenvalue weighted by atomic mass is 35.5. The van der Waals surface area contributed by atoms with Crippen molar-refractivity contribution in [1.82, 2.24) is 5.32 Å². The molecule has 0 bridgehead atoms. The van der Waals surface area contributed by atoms with Gasteiger partial charge in [0.25, 0.3) is 5.91 Å². The molecule has 0 aromatic rings. The zero-order valence-electron chi connectivity index (χ0n) is 7.72. The predicted octanol–water partition coefficient (Wildman–Crippen LogP) is 1.33. The van der Waals surface area contributed by atoms with Crippen LogP contribution in [0.25, 0.3) is 0 Å². The molecule has 3 amide bonds. The van der Waals surface area contributed by atoms with Crippen LogP contribution >= 0.6 is 11.6 Å². The maximum absolute atomic E-state index is 11.1. The lowest BCUT2D eigenvalue weighted by Crippen LogP contribution is -2.48. The highest BCUT2D eigenvalue weighted by Crippen LogP contribution is 2.23. The summed E-state index contributed by atoms with van der Waals surface area (Å²) >= 11 is 5.79. The molecule has 0 fully saturated rings. The van der Waals surface area contributed by atoms with Gasteiger partial charge < -0.3 is 0 Å². The number of nitrogens with zero attached hydrogens (tertiary/aromatic N) is 1. The number of imide groups is 1. The average Bonchev–Trinajstić information content (AvgIpc) is 1.94. The fourth-order valence-corrected chi connectivity index (χ4v) is 1.47. The van der Waals surface area contributed by atoms with E-state index in [1.54, 1.807) is 0 Å². The lowest BCUT2D eigenvalue weighted by molar-refractivity contribution is -0.118. The summed E-state index contributed by atoms with van der Waals surface area (Å²) in [4.78, 5) is 25.7. The number of carbonyl (C=O) groups is 2. The van der Waals surface area contributed by atoms with Crippen molar-refractivity contribution in [3.05, 3.63) is 0 Å². The van der Waals surface area contributed by atoms with Gasteiger partial charge in [0.2, 0.25) is 0 Å². The van der Waals surface area contributed by atoms with Crippen LogP contribution in [-0.2, 0) is 4.79 Å². The Morgan fingerprint density at radius 2 is 1.92 bits per heavy atom. The Morgan fingerprint density at radius 3 is 2.38 bits per heavy atom. The lowest BCUT2D eigenvalue weighted by Gasteiger charge is -2.26. The maximum Gasteiger partial charge on any atom is 0.347 e. The number of hydrogen-bond donors (Lipinski definition) is 1. The minimum absolute atomic E-state index is 0.361. The summed E-state index contributed by atoms with van der Waals surface area (Å²) in [6.45, 7) is 5.56. The van der Waals surface area contributed by atoms with E-state index in [1.165, 1.54) is 0 Å².